The van der Waals surface area contributed by atoms with E-state index in [4.69, 9.17) is 9.90 Å². The summed E-state index contributed by atoms with van der Waals surface area (Å²) >= 11 is 0. The number of rotatable bonds is 1. The van der Waals surface area contributed by atoms with E-state index in [9.17, 15) is 9.59 Å². The molecule has 0 saturated heterocycles. The summed E-state index contributed by atoms with van der Waals surface area (Å²) in [4.78, 5) is 31.0. The van der Waals surface area contributed by atoms with Gasteiger partial charge in [0.25, 0.3) is 18.2 Å². The molecule has 1 aliphatic carbocycles. The van der Waals surface area contributed by atoms with Gasteiger partial charge in [-0.05, 0) is 36.5 Å². The van der Waals surface area contributed by atoms with Gasteiger partial charge in [0.05, 0.1) is 11.3 Å². The van der Waals surface area contributed by atoms with Gasteiger partial charge >= 0.3 is 0 Å². The first kappa shape index (κ1) is 12.3. The zero-order valence-electron chi connectivity index (χ0n) is 9.68. The third-order valence-corrected chi connectivity index (χ3v) is 3.32. The van der Waals surface area contributed by atoms with E-state index in [1.165, 1.54) is 24.8 Å². The third kappa shape index (κ3) is 2.11. The van der Waals surface area contributed by atoms with Crippen molar-refractivity contribution in [1.82, 2.24) is 0 Å². The first-order valence-corrected chi connectivity index (χ1v) is 5.75. The lowest BCUT2D eigenvalue weighted by Gasteiger charge is -2.25. The molecular weight excluding hydrogens is 234 g/mol. The predicted octanol–water partition coefficient (Wildman–Crippen LogP) is 1.79. The molecule has 1 fully saturated rings. The molecule has 2 N–H and O–H groups in total. The number of fused-ring (bicyclic) bond motifs is 1. The normalized spacial score (nSPS) is 17.1. The lowest BCUT2D eigenvalue weighted by Crippen LogP contribution is -2.12. The number of nitrogens with one attached hydrogen (secondary N) is 1. The molecule has 1 saturated carbocycles. The second-order valence-electron chi connectivity index (χ2n) is 4.32. The maximum atomic E-state index is 11.5. The quantitative estimate of drug-likeness (QED) is 0.585. The van der Waals surface area contributed by atoms with Crippen molar-refractivity contribution in [2.45, 2.75) is 25.2 Å². The maximum absolute atomic E-state index is 11.5. The number of amides is 1. The molecule has 1 heterocycles. The summed E-state index contributed by atoms with van der Waals surface area (Å²) in [5.41, 5.74) is 2.40. The van der Waals surface area contributed by atoms with Crippen LogP contribution in [0.4, 0.5) is 5.69 Å². The topological polar surface area (TPSA) is 83.5 Å². The zero-order chi connectivity index (χ0) is 13.1. The fourth-order valence-corrected chi connectivity index (χ4v) is 2.16. The van der Waals surface area contributed by atoms with E-state index in [-0.39, 0.29) is 6.47 Å². The summed E-state index contributed by atoms with van der Waals surface area (Å²) in [6, 6.07) is 5.73. The Morgan fingerprint density at radius 2 is 1.94 bits per heavy atom. The average Bonchev–Trinajstić information content (AvgIpc) is 2.55. The first-order chi connectivity index (χ1) is 8.67. The minimum absolute atomic E-state index is 0.250. The van der Waals surface area contributed by atoms with Gasteiger partial charge in [-0.15, -0.1) is 0 Å². The number of ketones is 1. The lowest BCUT2D eigenvalue weighted by molar-refractivity contribution is -0.122. The number of hydrogen-bond acceptors (Lipinski definition) is 3. The van der Waals surface area contributed by atoms with E-state index < -0.39 is 11.7 Å². The van der Waals surface area contributed by atoms with Gasteiger partial charge in [0, 0.05) is 0 Å². The summed E-state index contributed by atoms with van der Waals surface area (Å²) in [5, 5.41) is 9.45. The SMILES string of the molecule is O=C1Nc2ccc(C3CCC3)cc2C1=O.O=CO. The van der Waals surface area contributed by atoms with Crippen molar-refractivity contribution in [2.24, 2.45) is 0 Å². The van der Waals surface area contributed by atoms with Crippen molar-refractivity contribution in [1.29, 1.82) is 0 Å². The molecule has 1 aliphatic heterocycles. The van der Waals surface area contributed by atoms with E-state index in [2.05, 4.69) is 5.32 Å². The van der Waals surface area contributed by atoms with Crippen LogP contribution in [0.15, 0.2) is 18.2 Å². The molecule has 0 radical (unpaired) electrons. The molecule has 94 valence electrons. The second kappa shape index (κ2) is 5.00. The maximum Gasteiger partial charge on any atom is 0.296 e. The molecular formula is C13H13NO4. The summed E-state index contributed by atoms with van der Waals surface area (Å²) in [6.45, 7) is -0.250. The van der Waals surface area contributed by atoms with Crippen LogP contribution in [0.5, 0.6) is 0 Å². The number of carbonyl (C=O) groups excluding carboxylic acids is 2. The van der Waals surface area contributed by atoms with Crippen molar-refractivity contribution in [2.75, 3.05) is 5.32 Å². The molecule has 0 unspecified atom stereocenters. The van der Waals surface area contributed by atoms with Crippen LogP contribution in [0.3, 0.4) is 0 Å². The molecule has 1 aromatic rings. The Kier molecular flexibility index (Phi) is 3.41. The number of Topliss-reactive ketones (excluding diaryl/α,β-unsaturated/α-hetero) is 1. The Morgan fingerprint density at radius 1 is 1.28 bits per heavy atom. The molecule has 0 bridgehead atoms. The van der Waals surface area contributed by atoms with Crippen LogP contribution >= 0.6 is 0 Å². The number of hydrogen-bond donors (Lipinski definition) is 2. The molecule has 3 rings (SSSR count). The fourth-order valence-electron chi connectivity index (χ4n) is 2.16. The van der Waals surface area contributed by atoms with Crippen LogP contribution < -0.4 is 5.32 Å². The average molecular weight is 247 g/mol. The molecule has 5 nitrogen and oxygen atoms in total. The fraction of sp³-hybridized carbons (Fsp3) is 0.308. The van der Waals surface area contributed by atoms with Crippen LogP contribution in [0, 0.1) is 0 Å². The highest BCUT2D eigenvalue weighted by Crippen LogP contribution is 2.38. The Morgan fingerprint density at radius 3 is 2.50 bits per heavy atom. The Bertz CT molecular complexity index is 506. The standard InChI is InChI=1S/C12H11NO2.CH2O2/c14-11-9-6-8(7-2-1-3-7)4-5-10(9)13-12(11)15;2-1-3/h4-7H,1-3H2,(H,13,14,15);1H,(H,2,3). The van der Waals surface area contributed by atoms with Gasteiger partial charge in [-0.2, -0.15) is 0 Å². The van der Waals surface area contributed by atoms with Crippen molar-refractivity contribution in [3.63, 3.8) is 0 Å². The van der Waals surface area contributed by atoms with E-state index >= 15 is 0 Å². The Balaban J connectivity index is 0.000000367. The van der Waals surface area contributed by atoms with E-state index in [1.54, 1.807) is 0 Å². The monoisotopic (exact) mass is 247 g/mol. The molecule has 0 atom stereocenters. The van der Waals surface area contributed by atoms with Gasteiger partial charge in [-0.1, -0.05) is 12.5 Å². The highest BCUT2D eigenvalue weighted by Gasteiger charge is 2.29. The van der Waals surface area contributed by atoms with Crippen molar-refractivity contribution < 1.29 is 19.5 Å². The number of anilines is 1. The van der Waals surface area contributed by atoms with Gasteiger partial charge in [0.2, 0.25) is 0 Å². The second-order valence-corrected chi connectivity index (χ2v) is 4.32. The number of carboxylic acid groups (broad SMARTS) is 1. The van der Waals surface area contributed by atoms with Crippen LogP contribution in [-0.4, -0.2) is 23.3 Å². The third-order valence-electron chi connectivity index (χ3n) is 3.32. The molecule has 0 spiro atoms. The first-order valence-electron chi connectivity index (χ1n) is 5.75. The van der Waals surface area contributed by atoms with Gasteiger partial charge in [0.15, 0.2) is 0 Å². The summed E-state index contributed by atoms with van der Waals surface area (Å²) in [6.07, 6.45) is 3.68. The molecule has 18 heavy (non-hydrogen) atoms. The number of benzene rings is 1. The molecule has 5 heteroatoms. The van der Waals surface area contributed by atoms with Gasteiger partial charge in [-0.3, -0.25) is 14.4 Å². The van der Waals surface area contributed by atoms with E-state index in [0.29, 0.717) is 17.2 Å². The van der Waals surface area contributed by atoms with Crippen LogP contribution in [0.25, 0.3) is 0 Å². The van der Waals surface area contributed by atoms with Crippen LogP contribution in [0.1, 0.15) is 41.1 Å². The highest BCUT2D eigenvalue weighted by atomic mass is 16.3. The molecule has 2 aliphatic rings. The molecule has 1 aromatic carbocycles. The molecule has 1 amide bonds. The summed E-state index contributed by atoms with van der Waals surface area (Å²) < 4.78 is 0. The van der Waals surface area contributed by atoms with Crippen molar-refractivity contribution in [3.05, 3.63) is 29.3 Å². The summed E-state index contributed by atoms with van der Waals surface area (Å²) in [5.74, 6) is -0.305. The Hall–Kier alpha value is -2.17. The number of carbonyl (C=O) groups is 3. The predicted molar refractivity (Wildman–Crippen MR) is 64.7 cm³/mol. The van der Waals surface area contributed by atoms with Crippen molar-refractivity contribution >= 4 is 23.9 Å². The largest absolute Gasteiger partial charge is 0.483 e. The lowest BCUT2D eigenvalue weighted by atomic mass is 9.79. The summed E-state index contributed by atoms with van der Waals surface area (Å²) in [7, 11) is 0. The minimum atomic E-state index is -0.504. The van der Waals surface area contributed by atoms with Crippen LogP contribution in [-0.2, 0) is 9.59 Å². The van der Waals surface area contributed by atoms with Gasteiger partial charge < -0.3 is 10.4 Å². The zero-order valence-corrected chi connectivity index (χ0v) is 9.68. The van der Waals surface area contributed by atoms with E-state index in [1.807, 2.05) is 18.2 Å². The Labute approximate surface area is 104 Å². The smallest absolute Gasteiger partial charge is 0.296 e. The van der Waals surface area contributed by atoms with Crippen molar-refractivity contribution in [3.8, 4) is 0 Å². The van der Waals surface area contributed by atoms with E-state index in [0.717, 1.165) is 0 Å². The van der Waals surface area contributed by atoms with Gasteiger partial charge in [-0.25, -0.2) is 0 Å². The van der Waals surface area contributed by atoms with Crippen LogP contribution in [0.2, 0.25) is 0 Å². The molecule has 0 aromatic heterocycles. The highest BCUT2D eigenvalue weighted by molar-refractivity contribution is 6.51. The minimum Gasteiger partial charge on any atom is -0.483 e. The van der Waals surface area contributed by atoms with Gasteiger partial charge in [0.1, 0.15) is 0 Å².